The number of nitrogens with one attached hydrogen (secondary N) is 1. The Morgan fingerprint density at radius 3 is 2.79 bits per heavy atom. The molecule has 1 aromatic carbocycles. The maximum atomic E-state index is 13.7. The van der Waals surface area contributed by atoms with Crippen LogP contribution in [0.3, 0.4) is 0 Å². The highest BCUT2D eigenvalue weighted by Gasteiger charge is 2.37. The number of carboxylic acids is 1. The first kappa shape index (κ1) is 14.9. The van der Waals surface area contributed by atoms with Gasteiger partial charge in [-0.05, 0) is 18.5 Å². The summed E-state index contributed by atoms with van der Waals surface area (Å²) in [5.41, 5.74) is 6.18. The summed E-state index contributed by atoms with van der Waals surface area (Å²) in [4.78, 5) is 13.8. The van der Waals surface area contributed by atoms with Gasteiger partial charge in [0.2, 0.25) is 0 Å². The predicted molar refractivity (Wildman–Crippen MR) is 63.4 cm³/mol. The van der Waals surface area contributed by atoms with E-state index in [1.165, 1.54) is 6.92 Å². The SMILES string of the molecule is CC(NCCN=[N+]=[N-])(C(=O)O)c1ccc(F)cc1F. The first-order valence-electron chi connectivity index (χ1n) is 5.36. The Balaban J connectivity index is 3.04. The molecular formula is C11H12F2N4O2. The molecule has 2 N–H and O–H groups in total. The van der Waals surface area contributed by atoms with E-state index >= 15 is 0 Å². The molecule has 0 saturated carbocycles. The Bertz CT molecular complexity index is 531. The van der Waals surface area contributed by atoms with Gasteiger partial charge in [-0.3, -0.25) is 5.32 Å². The van der Waals surface area contributed by atoms with E-state index in [1.54, 1.807) is 0 Å². The lowest BCUT2D eigenvalue weighted by atomic mass is 9.91. The van der Waals surface area contributed by atoms with Crippen LogP contribution in [0.15, 0.2) is 23.3 Å². The molecule has 0 spiro atoms. The molecule has 1 atom stereocenters. The van der Waals surface area contributed by atoms with Crippen LogP contribution in [0.5, 0.6) is 0 Å². The molecule has 0 radical (unpaired) electrons. The fourth-order valence-electron chi connectivity index (χ4n) is 1.58. The van der Waals surface area contributed by atoms with Crippen LogP contribution in [0.25, 0.3) is 10.4 Å². The molecule has 0 aliphatic carbocycles. The number of halogens is 2. The number of hydrogen-bond donors (Lipinski definition) is 2. The number of aliphatic carboxylic acids is 1. The van der Waals surface area contributed by atoms with Crippen LogP contribution >= 0.6 is 0 Å². The van der Waals surface area contributed by atoms with E-state index in [9.17, 15) is 18.7 Å². The molecule has 0 aromatic heterocycles. The van der Waals surface area contributed by atoms with Crippen molar-refractivity contribution in [2.75, 3.05) is 13.1 Å². The number of benzene rings is 1. The number of carbonyl (C=O) groups is 1. The second-order valence-electron chi connectivity index (χ2n) is 3.94. The zero-order chi connectivity index (χ0) is 14.5. The van der Waals surface area contributed by atoms with Crippen molar-refractivity contribution in [1.82, 2.24) is 5.32 Å². The molecule has 0 aliphatic heterocycles. The molecular weight excluding hydrogens is 258 g/mol. The van der Waals surface area contributed by atoms with Crippen LogP contribution in [0, 0.1) is 11.6 Å². The van der Waals surface area contributed by atoms with E-state index < -0.39 is 23.1 Å². The van der Waals surface area contributed by atoms with Gasteiger partial charge >= 0.3 is 5.97 Å². The molecule has 6 nitrogen and oxygen atoms in total. The normalized spacial score (nSPS) is 13.4. The van der Waals surface area contributed by atoms with Crippen molar-refractivity contribution in [2.24, 2.45) is 5.11 Å². The molecule has 0 amide bonds. The predicted octanol–water partition coefficient (Wildman–Crippen LogP) is 2.16. The third-order valence-electron chi connectivity index (χ3n) is 2.65. The van der Waals surface area contributed by atoms with E-state index in [0.717, 1.165) is 12.1 Å². The quantitative estimate of drug-likeness (QED) is 0.358. The summed E-state index contributed by atoms with van der Waals surface area (Å²) in [5.74, 6) is -3.07. The average molecular weight is 270 g/mol. The summed E-state index contributed by atoms with van der Waals surface area (Å²) in [6, 6.07) is 2.67. The van der Waals surface area contributed by atoms with Crippen LogP contribution in [0.2, 0.25) is 0 Å². The highest BCUT2D eigenvalue weighted by molar-refractivity contribution is 5.80. The first-order chi connectivity index (χ1) is 8.91. The van der Waals surface area contributed by atoms with Crippen molar-refractivity contribution in [2.45, 2.75) is 12.5 Å². The Kier molecular flexibility index (Phi) is 4.80. The molecule has 0 bridgehead atoms. The van der Waals surface area contributed by atoms with Gasteiger partial charge in [-0.25, -0.2) is 13.6 Å². The Morgan fingerprint density at radius 2 is 2.26 bits per heavy atom. The minimum absolute atomic E-state index is 0.0161. The van der Waals surface area contributed by atoms with E-state index in [0.29, 0.717) is 6.07 Å². The van der Waals surface area contributed by atoms with Crippen LogP contribution in [-0.2, 0) is 10.3 Å². The highest BCUT2D eigenvalue weighted by atomic mass is 19.1. The summed E-state index contributed by atoms with van der Waals surface area (Å²) >= 11 is 0. The molecule has 0 heterocycles. The van der Waals surface area contributed by atoms with E-state index in [4.69, 9.17) is 5.53 Å². The third-order valence-corrected chi connectivity index (χ3v) is 2.65. The average Bonchev–Trinajstić information content (AvgIpc) is 2.34. The Morgan fingerprint density at radius 1 is 1.58 bits per heavy atom. The van der Waals surface area contributed by atoms with Gasteiger partial charge in [0.25, 0.3) is 0 Å². The second-order valence-corrected chi connectivity index (χ2v) is 3.94. The van der Waals surface area contributed by atoms with Crippen LogP contribution < -0.4 is 5.32 Å². The van der Waals surface area contributed by atoms with E-state index in [1.807, 2.05) is 0 Å². The number of azide groups is 1. The molecule has 1 unspecified atom stereocenters. The zero-order valence-corrected chi connectivity index (χ0v) is 10.1. The van der Waals surface area contributed by atoms with Gasteiger partial charge < -0.3 is 5.11 Å². The summed E-state index contributed by atoms with van der Waals surface area (Å²) < 4.78 is 26.5. The fourth-order valence-corrected chi connectivity index (χ4v) is 1.58. The smallest absolute Gasteiger partial charge is 0.328 e. The standard InChI is InChI=1S/C11H12F2N4O2/c1-11(10(18)19,15-4-5-16-17-14)8-3-2-7(12)6-9(8)13/h2-3,6,15H,4-5H2,1H3,(H,18,19). The summed E-state index contributed by atoms with van der Waals surface area (Å²) in [6.07, 6.45) is 0. The van der Waals surface area contributed by atoms with E-state index in [2.05, 4.69) is 15.3 Å². The minimum atomic E-state index is -1.73. The van der Waals surface area contributed by atoms with Crippen molar-refractivity contribution >= 4 is 5.97 Å². The molecule has 102 valence electrons. The number of nitrogens with zero attached hydrogens (tertiary/aromatic N) is 3. The molecule has 0 saturated heterocycles. The van der Waals surface area contributed by atoms with Gasteiger partial charge in [0, 0.05) is 29.6 Å². The van der Waals surface area contributed by atoms with Crippen molar-refractivity contribution in [3.05, 3.63) is 45.8 Å². The maximum absolute atomic E-state index is 13.7. The van der Waals surface area contributed by atoms with Gasteiger partial charge in [-0.15, -0.1) is 0 Å². The second kappa shape index (κ2) is 6.12. The lowest BCUT2D eigenvalue weighted by molar-refractivity contribution is -0.144. The van der Waals surface area contributed by atoms with Gasteiger partial charge in [-0.1, -0.05) is 11.2 Å². The fraction of sp³-hybridized carbons (Fsp3) is 0.364. The molecule has 0 aliphatic rings. The lowest BCUT2D eigenvalue weighted by Crippen LogP contribution is -2.48. The summed E-state index contributed by atoms with van der Waals surface area (Å²) in [5, 5.41) is 15.0. The van der Waals surface area contributed by atoms with Gasteiger partial charge in [0.1, 0.15) is 17.2 Å². The van der Waals surface area contributed by atoms with Crippen molar-refractivity contribution in [3.8, 4) is 0 Å². The monoisotopic (exact) mass is 270 g/mol. The Hall–Kier alpha value is -2.18. The third kappa shape index (κ3) is 3.40. The summed E-state index contributed by atoms with van der Waals surface area (Å²) in [7, 11) is 0. The van der Waals surface area contributed by atoms with E-state index in [-0.39, 0.29) is 18.7 Å². The van der Waals surface area contributed by atoms with Crippen LogP contribution in [0.4, 0.5) is 8.78 Å². The first-order valence-corrected chi connectivity index (χ1v) is 5.36. The molecule has 1 rings (SSSR count). The lowest BCUT2D eigenvalue weighted by Gasteiger charge is -2.27. The maximum Gasteiger partial charge on any atom is 0.328 e. The van der Waals surface area contributed by atoms with Gasteiger partial charge in [0.15, 0.2) is 0 Å². The highest BCUT2D eigenvalue weighted by Crippen LogP contribution is 2.24. The van der Waals surface area contributed by atoms with Crippen molar-refractivity contribution in [3.63, 3.8) is 0 Å². The number of carboxylic acid groups (broad SMARTS) is 1. The van der Waals surface area contributed by atoms with Crippen molar-refractivity contribution < 1.29 is 18.7 Å². The summed E-state index contributed by atoms with van der Waals surface area (Å²) in [6.45, 7) is 1.31. The molecule has 19 heavy (non-hydrogen) atoms. The van der Waals surface area contributed by atoms with Gasteiger partial charge in [0.05, 0.1) is 0 Å². The molecule has 0 fully saturated rings. The largest absolute Gasteiger partial charge is 0.480 e. The van der Waals surface area contributed by atoms with Crippen molar-refractivity contribution in [1.29, 1.82) is 0 Å². The Labute approximate surface area is 107 Å². The topological polar surface area (TPSA) is 98.1 Å². The van der Waals surface area contributed by atoms with Crippen LogP contribution in [-0.4, -0.2) is 24.2 Å². The number of hydrogen-bond acceptors (Lipinski definition) is 3. The number of rotatable bonds is 6. The van der Waals surface area contributed by atoms with Gasteiger partial charge in [-0.2, -0.15) is 0 Å². The zero-order valence-electron chi connectivity index (χ0n) is 10.1. The molecule has 8 heteroatoms. The van der Waals surface area contributed by atoms with Crippen LogP contribution in [0.1, 0.15) is 12.5 Å². The minimum Gasteiger partial charge on any atom is -0.480 e. The molecule has 1 aromatic rings.